The Kier molecular flexibility index (Phi) is 5.14. The second kappa shape index (κ2) is 7.78. The maximum atomic E-state index is 13.4. The van der Waals surface area contributed by atoms with Crippen LogP contribution < -0.4 is 5.32 Å². The van der Waals surface area contributed by atoms with Crippen molar-refractivity contribution in [2.45, 2.75) is 12.7 Å². The zero-order valence-corrected chi connectivity index (χ0v) is 15.6. The molecule has 0 atom stereocenters. The topological polar surface area (TPSA) is 59.8 Å². The van der Waals surface area contributed by atoms with Gasteiger partial charge in [0.05, 0.1) is 17.4 Å². The molecule has 0 fully saturated rings. The summed E-state index contributed by atoms with van der Waals surface area (Å²) in [5, 5.41) is 6.92. The van der Waals surface area contributed by atoms with Crippen molar-refractivity contribution in [2.75, 3.05) is 5.32 Å². The number of alkyl halides is 3. The molecule has 0 unspecified atom stereocenters. The molecule has 2 aromatic heterocycles. The van der Waals surface area contributed by atoms with Gasteiger partial charge in [-0.3, -0.25) is 14.5 Å². The number of carbonyl (C=O) groups excluding carboxylic acids is 1. The van der Waals surface area contributed by atoms with E-state index < -0.39 is 30.3 Å². The lowest BCUT2D eigenvalue weighted by Gasteiger charge is -2.10. The number of anilines is 1. The van der Waals surface area contributed by atoms with Crippen LogP contribution in [0.15, 0.2) is 61.1 Å². The first-order valence-corrected chi connectivity index (χ1v) is 8.95. The molecule has 0 spiro atoms. The third-order valence-corrected chi connectivity index (χ3v) is 4.49. The minimum Gasteiger partial charge on any atom is -0.320 e. The Morgan fingerprint density at radius 2 is 1.87 bits per heavy atom. The van der Waals surface area contributed by atoms with E-state index in [2.05, 4.69) is 15.4 Å². The molecule has 0 bridgehead atoms. The number of hydrogen-bond acceptors (Lipinski definition) is 3. The van der Waals surface area contributed by atoms with Gasteiger partial charge in [-0.25, -0.2) is 8.78 Å². The molecule has 0 saturated heterocycles. The zero-order valence-electron chi connectivity index (χ0n) is 15.6. The lowest BCUT2D eigenvalue weighted by atomic mass is 10.0. The molecule has 2 heterocycles. The number of aromatic nitrogens is 3. The lowest BCUT2D eigenvalue weighted by Crippen LogP contribution is -2.17. The molecule has 1 N–H and O–H groups in total. The third kappa shape index (κ3) is 4.37. The van der Waals surface area contributed by atoms with Crippen molar-refractivity contribution in [2.24, 2.45) is 0 Å². The highest BCUT2D eigenvalue weighted by Gasteiger charge is 2.28. The maximum Gasteiger partial charge on any atom is 0.408 e. The molecular weight excluding hydrogens is 419 g/mol. The SMILES string of the molecule is O=C(Nc1cccc2c(-c3cnn(CC(F)(F)F)c3)ccnc12)c1ccc(F)c(F)c1. The number of fused-ring (bicyclic) bond motifs is 1. The number of amides is 1. The minimum atomic E-state index is -4.40. The minimum absolute atomic E-state index is 0.0829. The highest BCUT2D eigenvalue weighted by atomic mass is 19.4. The molecule has 5 nitrogen and oxygen atoms in total. The van der Waals surface area contributed by atoms with Crippen molar-refractivity contribution in [3.63, 3.8) is 0 Å². The molecule has 0 saturated carbocycles. The van der Waals surface area contributed by atoms with E-state index in [1.54, 1.807) is 24.3 Å². The Morgan fingerprint density at radius 1 is 1.06 bits per heavy atom. The number of pyridine rings is 1. The number of hydrogen-bond donors (Lipinski definition) is 1. The second-order valence-corrected chi connectivity index (χ2v) is 6.69. The van der Waals surface area contributed by atoms with Crippen molar-refractivity contribution in [3.05, 3.63) is 78.3 Å². The highest BCUT2D eigenvalue weighted by molar-refractivity contribution is 6.10. The summed E-state index contributed by atoms with van der Waals surface area (Å²) in [4.78, 5) is 16.7. The summed E-state index contributed by atoms with van der Waals surface area (Å²) >= 11 is 0. The largest absolute Gasteiger partial charge is 0.408 e. The fourth-order valence-electron chi connectivity index (χ4n) is 3.13. The Bertz CT molecular complexity index is 1280. The Hall–Kier alpha value is -3.82. The number of nitrogens with one attached hydrogen (secondary N) is 1. The predicted molar refractivity (Wildman–Crippen MR) is 103 cm³/mol. The second-order valence-electron chi connectivity index (χ2n) is 6.69. The van der Waals surface area contributed by atoms with E-state index in [0.29, 0.717) is 27.7 Å². The van der Waals surface area contributed by atoms with Crippen molar-refractivity contribution in [1.29, 1.82) is 0 Å². The zero-order chi connectivity index (χ0) is 22.2. The standard InChI is InChI=1S/C21H13F5N4O/c22-16-5-4-12(8-17(16)23)20(31)29-18-3-1-2-15-14(6-7-27-19(15)18)13-9-28-30(10-13)11-21(24,25)26/h1-10H,11H2,(H,29,31). The number of carbonyl (C=O) groups is 1. The molecular formula is C21H13F5N4O. The summed E-state index contributed by atoms with van der Waals surface area (Å²) in [6.45, 7) is -1.22. The number of halogens is 5. The average molecular weight is 432 g/mol. The number of benzene rings is 2. The van der Waals surface area contributed by atoms with Crippen LogP contribution in [0.1, 0.15) is 10.4 Å². The molecule has 4 rings (SSSR count). The smallest absolute Gasteiger partial charge is 0.320 e. The molecule has 0 radical (unpaired) electrons. The third-order valence-electron chi connectivity index (χ3n) is 4.49. The van der Waals surface area contributed by atoms with E-state index in [9.17, 15) is 26.7 Å². The van der Waals surface area contributed by atoms with Crippen molar-refractivity contribution in [3.8, 4) is 11.1 Å². The van der Waals surface area contributed by atoms with Crippen LogP contribution in [-0.4, -0.2) is 26.8 Å². The van der Waals surface area contributed by atoms with E-state index in [4.69, 9.17) is 0 Å². The van der Waals surface area contributed by atoms with Gasteiger partial charge in [0.15, 0.2) is 11.6 Å². The van der Waals surface area contributed by atoms with Crippen LogP contribution in [0.4, 0.5) is 27.6 Å². The Balaban J connectivity index is 1.68. The van der Waals surface area contributed by atoms with Crippen LogP contribution >= 0.6 is 0 Å². The summed E-state index contributed by atoms with van der Waals surface area (Å²) in [6, 6.07) is 9.31. The van der Waals surface area contributed by atoms with Gasteiger partial charge in [0, 0.05) is 28.9 Å². The molecule has 1 amide bonds. The number of nitrogens with zero attached hydrogens (tertiary/aromatic N) is 3. The first-order chi connectivity index (χ1) is 14.7. The highest BCUT2D eigenvalue weighted by Crippen LogP contribution is 2.31. The van der Waals surface area contributed by atoms with Crippen molar-refractivity contribution < 1.29 is 26.7 Å². The predicted octanol–water partition coefficient (Wildman–Crippen LogP) is 5.19. The van der Waals surface area contributed by atoms with Gasteiger partial charge in [0.2, 0.25) is 0 Å². The van der Waals surface area contributed by atoms with Gasteiger partial charge in [-0.05, 0) is 35.9 Å². The molecule has 0 aliphatic heterocycles. The first kappa shape index (κ1) is 20.5. The van der Waals surface area contributed by atoms with Gasteiger partial charge in [-0.1, -0.05) is 12.1 Å². The van der Waals surface area contributed by atoms with Gasteiger partial charge < -0.3 is 5.32 Å². The summed E-state index contributed by atoms with van der Waals surface area (Å²) in [6.07, 6.45) is -0.366. The van der Waals surface area contributed by atoms with Gasteiger partial charge in [0.1, 0.15) is 6.54 Å². The van der Waals surface area contributed by atoms with Crippen LogP contribution in [-0.2, 0) is 6.54 Å². The van der Waals surface area contributed by atoms with E-state index in [-0.39, 0.29) is 5.56 Å². The summed E-state index contributed by atoms with van der Waals surface area (Å²) < 4.78 is 65.2. The monoisotopic (exact) mass is 432 g/mol. The van der Waals surface area contributed by atoms with E-state index in [1.165, 1.54) is 18.6 Å². The van der Waals surface area contributed by atoms with Gasteiger partial charge >= 0.3 is 6.18 Å². The summed E-state index contributed by atoms with van der Waals surface area (Å²) in [5.41, 5.74) is 1.61. The molecule has 31 heavy (non-hydrogen) atoms. The molecule has 158 valence electrons. The van der Waals surface area contributed by atoms with E-state index in [0.717, 1.165) is 22.9 Å². The first-order valence-electron chi connectivity index (χ1n) is 8.95. The summed E-state index contributed by atoms with van der Waals surface area (Å²) in [5.74, 6) is -2.89. The fraction of sp³-hybridized carbons (Fsp3) is 0.0952. The maximum absolute atomic E-state index is 13.4. The fourth-order valence-corrected chi connectivity index (χ4v) is 3.13. The molecule has 4 aromatic rings. The van der Waals surface area contributed by atoms with Crippen LogP contribution in [0.3, 0.4) is 0 Å². The molecule has 10 heteroatoms. The van der Waals surface area contributed by atoms with Crippen LogP contribution in [0, 0.1) is 11.6 Å². The van der Waals surface area contributed by atoms with Gasteiger partial charge in [-0.2, -0.15) is 18.3 Å². The number of para-hydroxylation sites is 1. The van der Waals surface area contributed by atoms with Crippen LogP contribution in [0.5, 0.6) is 0 Å². The Labute approximate surface area is 172 Å². The van der Waals surface area contributed by atoms with Crippen molar-refractivity contribution >= 4 is 22.5 Å². The lowest BCUT2D eigenvalue weighted by molar-refractivity contribution is -0.142. The normalized spacial score (nSPS) is 11.6. The number of rotatable bonds is 4. The van der Waals surface area contributed by atoms with Crippen molar-refractivity contribution in [1.82, 2.24) is 14.8 Å². The average Bonchev–Trinajstić information content (AvgIpc) is 3.16. The van der Waals surface area contributed by atoms with Crippen LogP contribution in [0.2, 0.25) is 0 Å². The van der Waals surface area contributed by atoms with Crippen LogP contribution in [0.25, 0.3) is 22.0 Å². The molecule has 2 aromatic carbocycles. The summed E-state index contributed by atoms with van der Waals surface area (Å²) in [7, 11) is 0. The quantitative estimate of drug-likeness (QED) is 0.452. The molecule has 0 aliphatic rings. The van der Waals surface area contributed by atoms with E-state index in [1.807, 2.05) is 0 Å². The Morgan fingerprint density at radius 3 is 2.61 bits per heavy atom. The van der Waals surface area contributed by atoms with Gasteiger partial charge in [0.25, 0.3) is 5.91 Å². The molecule has 0 aliphatic carbocycles. The van der Waals surface area contributed by atoms with E-state index >= 15 is 0 Å². The van der Waals surface area contributed by atoms with Gasteiger partial charge in [-0.15, -0.1) is 0 Å².